The van der Waals surface area contributed by atoms with Crippen molar-refractivity contribution in [1.29, 1.82) is 0 Å². The lowest BCUT2D eigenvalue weighted by atomic mass is 9.69. The van der Waals surface area contributed by atoms with Crippen LogP contribution in [-0.2, 0) is 10.8 Å². The quantitative estimate of drug-likeness (QED) is 0.173. The monoisotopic (exact) mass is 781 g/mol. The van der Waals surface area contributed by atoms with Gasteiger partial charge in [-0.3, -0.25) is 0 Å². The number of hydrogen-bond acceptors (Lipinski definition) is 2. The first-order chi connectivity index (χ1) is 29.9. The van der Waals surface area contributed by atoms with Gasteiger partial charge in [0.05, 0.1) is 11.1 Å². The standard InChI is InChI=1S/C59H43NO/c1-58(2,3)40-30-34-47-45-19-7-11-24-51(45)59(53(47)36-40)52-25-12-8-20-46(52)48-35-33-42(37-54(48)59)60(55-26-13-9-18-43(55)38-16-5-4-6-17-38)41-31-28-39(29-32-41)44-22-15-23-50-49-21-10-14-27-56(49)61-57(44)50/h4-37H,1-3H3. The molecule has 1 aromatic heterocycles. The molecule has 0 amide bonds. The van der Waals surface area contributed by atoms with E-state index in [-0.39, 0.29) is 5.41 Å². The minimum Gasteiger partial charge on any atom is -0.455 e. The van der Waals surface area contributed by atoms with Gasteiger partial charge in [0.25, 0.3) is 0 Å². The highest BCUT2D eigenvalue weighted by Crippen LogP contribution is 2.64. The van der Waals surface area contributed by atoms with Crippen LogP contribution in [0.4, 0.5) is 17.1 Å². The molecule has 2 aliphatic rings. The second kappa shape index (κ2) is 13.3. The van der Waals surface area contributed by atoms with Gasteiger partial charge in [-0.25, -0.2) is 0 Å². The number of rotatable bonds is 5. The minimum atomic E-state index is -0.477. The van der Waals surface area contributed by atoms with Gasteiger partial charge in [-0.15, -0.1) is 0 Å². The Morgan fingerprint density at radius 3 is 1.67 bits per heavy atom. The summed E-state index contributed by atoms with van der Waals surface area (Å²) >= 11 is 0. The zero-order valence-corrected chi connectivity index (χ0v) is 34.5. The van der Waals surface area contributed by atoms with Crippen molar-refractivity contribution in [1.82, 2.24) is 0 Å². The van der Waals surface area contributed by atoms with Gasteiger partial charge < -0.3 is 9.32 Å². The van der Waals surface area contributed by atoms with Gasteiger partial charge >= 0.3 is 0 Å². The van der Waals surface area contributed by atoms with E-state index in [9.17, 15) is 0 Å². The molecule has 1 unspecified atom stereocenters. The van der Waals surface area contributed by atoms with Crippen LogP contribution in [0, 0.1) is 0 Å². The molecule has 61 heavy (non-hydrogen) atoms. The highest BCUT2D eigenvalue weighted by molar-refractivity contribution is 6.09. The number of para-hydroxylation sites is 3. The number of benzene rings is 9. The predicted octanol–water partition coefficient (Wildman–Crippen LogP) is 16.0. The van der Waals surface area contributed by atoms with Crippen LogP contribution >= 0.6 is 0 Å². The summed E-state index contributed by atoms with van der Waals surface area (Å²) in [6.07, 6.45) is 0. The Kier molecular flexibility index (Phi) is 7.74. The van der Waals surface area contributed by atoms with Gasteiger partial charge in [0.1, 0.15) is 11.2 Å². The summed E-state index contributed by atoms with van der Waals surface area (Å²) in [6.45, 7) is 6.97. The van der Waals surface area contributed by atoms with E-state index in [1.807, 2.05) is 6.07 Å². The summed E-state index contributed by atoms with van der Waals surface area (Å²) in [5, 5.41) is 2.27. The molecule has 0 saturated heterocycles. The van der Waals surface area contributed by atoms with Crippen molar-refractivity contribution in [2.24, 2.45) is 0 Å². The predicted molar refractivity (Wildman–Crippen MR) is 254 cm³/mol. The number of furan rings is 1. The zero-order valence-electron chi connectivity index (χ0n) is 34.5. The summed E-state index contributed by atoms with van der Waals surface area (Å²) in [4.78, 5) is 2.46. The van der Waals surface area contributed by atoms with E-state index < -0.39 is 5.41 Å². The molecule has 0 bridgehead atoms. The van der Waals surface area contributed by atoms with Crippen molar-refractivity contribution in [3.05, 3.63) is 234 Å². The maximum Gasteiger partial charge on any atom is 0.143 e. The topological polar surface area (TPSA) is 16.4 Å². The van der Waals surface area contributed by atoms with Crippen molar-refractivity contribution in [2.45, 2.75) is 31.6 Å². The first kappa shape index (κ1) is 35.5. The summed E-state index contributed by atoms with van der Waals surface area (Å²) in [5.74, 6) is 0. The normalized spacial score (nSPS) is 14.9. The number of anilines is 3. The van der Waals surface area contributed by atoms with E-state index in [0.29, 0.717) is 0 Å². The molecule has 9 aromatic carbocycles. The summed E-state index contributed by atoms with van der Waals surface area (Å²) < 4.78 is 6.50. The lowest BCUT2D eigenvalue weighted by Gasteiger charge is -2.33. The third-order valence-electron chi connectivity index (χ3n) is 13.3. The smallest absolute Gasteiger partial charge is 0.143 e. The fourth-order valence-electron chi connectivity index (χ4n) is 10.5. The third kappa shape index (κ3) is 5.22. The molecule has 2 heteroatoms. The van der Waals surface area contributed by atoms with E-state index in [1.54, 1.807) is 0 Å². The molecule has 1 heterocycles. The van der Waals surface area contributed by atoms with Crippen molar-refractivity contribution >= 4 is 39.0 Å². The van der Waals surface area contributed by atoms with Crippen molar-refractivity contribution in [2.75, 3.05) is 4.90 Å². The molecule has 0 N–H and O–H groups in total. The van der Waals surface area contributed by atoms with E-state index in [0.717, 1.165) is 50.1 Å². The molecule has 1 spiro atoms. The Balaban J connectivity index is 1.09. The van der Waals surface area contributed by atoms with Crippen LogP contribution in [0.25, 0.3) is 66.4 Å². The molecule has 10 aromatic rings. The van der Waals surface area contributed by atoms with E-state index in [2.05, 4.69) is 226 Å². The molecule has 290 valence electrons. The zero-order chi connectivity index (χ0) is 40.9. The van der Waals surface area contributed by atoms with Crippen molar-refractivity contribution in [3.8, 4) is 44.5 Å². The highest BCUT2D eigenvalue weighted by atomic mass is 16.3. The summed E-state index contributed by atoms with van der Waals surface area (Å²) in [6, 6.07) is 76.0. The van der Waals surface area contributed by atoms with Crippen LogP contribution in [0.2, 0.25) is 0 Å². The van der Waals surface area contributed by atoms with E-state index >= 15 is 0 Å². The number of fused-ring (bicyclic) bond motifs is 13. The largest absolute Gasteiger partial charge is 0.455 e. The Bertz CT molecular complexity index is 3330. The number of nitrogens with zero attached hydrogens (tertiary/aromatic N) is 1. The van der Waals surface area contributed by atoms with Crippen molar-refractivity contribution in [3.63, 3.8) is 0 Å². The Morgan fingerprint density at radius 1 is 0.393 bits per heavy atom. The Labute approximate surface area is 357 Å². The average Bonchev–Trinajstić information content (AvgIpc) is 3.93. The lowest BCUT2D eigenvalue weighted by Crippen LogP contribution is -2.27. The Morgan fingerprint density at radius 2 is 0.934 bits per heavy atom. The second-order valence-corrected chi connectivity index (χ2v) is 17.6. The fourth-order valence-corrected chi connectivity index (χ4v) is 10.5. The molecule has 0 aliphatic heterocycles. The second-order valence-electron chi connectivity index (χ2n) is 17.6. The molecule has 0 radical (unpaired) electrons. The van der Waals surface area contributed by atoms with Crippen LogP contribution in [0.15, 0.2) is 211 Å². The van der Waals surface area contributed by atoms with Crippen LogP contribution in [0.5, 0.6) is 0 Å². The molecular formula is C59H43NO. The molecule has 2 aliphatic carbocycles. The number of hydrogen-bond donors (Lipinski definition) is 0. The van der Waals surface area contributed by atoms with E-state index in [1.165, 1.54) is 61.2 Å². The molecule has 12 rings (SSSR count). The molecule has 0 saturated carbocycles. The summed E-state index contributed by atoms with van der Waals surface area (Å²) in [7, 11) is 0. The van der Waals surface area contributed by atoms with Gasteiger partial charge in [0.2, 0.25) is 0 Å². The van der Waals surface area contributed by atoms with Gasteiger partial charge in [0, 0.05) is 33.3 Å². The fraction of sp³-hybridized carbons (Fsp3) is 0.0847. The van der Waals surface area contributed by atoms with Gasteiger partial charge in [-0.2, -0.15) is 0 Å². The first-order valence-corrected chi connectivity index (χ1v) is 21.3. The Hall–Kier alpha value is -7.42. The van der Waals surface area contributed by atoms with Crippen LogP contribution in [0.1, 0.15) is 48.6 Å². The SMILES string of the molecule is CC(C)(C)c1ccc2c(c1)C1(c3ccccc3-c3ccc(N(c4ccc(-c5cccc6c5oc5ccccc56)cc4)c4ccccc4-c4ccccc4)cc31)c1ccccc1-2. The third-order valence-corrected chi connectivity index (χ3v) is 13.3. The van der Waals surface area contributed by atoms with Crippen LogP contribution in [0.3, 0.4) is 0 Å². The van der Waals surface area contributed by atoms with E-state index in [4.69, 9.17) is 4.42 Å². The van der Waals surface area contributed by atoms with Gasteiger partial charge in [-0.1, -0.05) is 191 Å². The first-order valence-electron chi connectivity index (χ1n) is 21.3. The highest BCUT2D eigenvalue weighted by Gasteiger charge is 2.52. The maximum absolute atomic E-state index is 6.50. The lowest BCUT2D eigenvalue weighted by molar-refractivity contribution is 0.588. The van der Waals surface area contributed by atoms with Gasteiger partial charge in [-0.05, 0) is 103 Å². The molecule has 2 nitrogen and oxygen atoms in total. The molecular weight excluding hydrogens is 739 g/mol. The van der Waals surface area contributed by atoms with Crippen LogP contribution in [-0.4, -0.2) is 0 Å². The van der Waals surface area contributed by atoms with Gasteiger partial charge in [0.15, 0.2) is 0 Å². The minimum absolute atomic E-state index is 0.00611. The average molecular weight is 782 g/mol. The van der Waals surface area contributed by atoms with Crippen LogP contribution < -0.4 is 4.90 Å². The van der Waals surface area contributed by atoms with Crippen molar-refractivity contribution < 1.29 is 4.42 Å². The maximum atomic E-state index is 6.50. The summed E-state index contributed by atoms with van der Waals surface area (Å²) in [5.41, 5.74) is 21.1. The molecule has 1 atom stereocenters. The molecule has 0 fully saturated rings.